The number of piperidine rings is 1. The smallest absolute Gasteiger partial charge is 0.262 e. The Hall–Kier alpha value is -2.83. The van der Waals surface area contributed by atoms with Gasteiger partial charge >= 0.3 is 0 Å². The predicted molar refractivity (Wildman–Crippen MR) is 122 cm³/mol. The quantitative estimate of drug-likeness (QED) is 0.582. The van der Waals surface area contributed by atoms with Crippen molar-refractivity contribution >= 4 is 54.2 Å². The summed E-state index contributed by atoms with van der Waals surface area (Å²) in [7, 11) is -1.92. The Labute approximate surface area is 189 Å². The van der Waals surface area contributed by atoms with Crippen molar-refractivity contribution in [3.63, 3.8) is 0 Å². The van der Waals surface area contributed by atoms with Crippen LogP contribution in [0.4, 0.5) is 10.8 Å². The fourth-order valence-corrected chi connectivity index (χ4v) is 6.01. The Morgan fingerprint density at radius 2 is 1.88 bits per heavy atom. The number of fused-ring (bicyclic) bond motifs is 1. The number of rotatable bonds is 5. The fraction of sp³-hybridized carbons (Fsp3) is 0.400. The summed E-state index contributed by atoms with van der Waals surface area (Å²) in [5.41, 5.74) is 1.40. The first-order valence-electron chi connectivity index (χ1n) is 10.1. The molecule has 10 nitrogen and oxygen atoms in total. The number of carbonyl (C=O) groups excluding carboxylic acids is 2. The van der Waals surface area contributed by atoms with E-state index in [0.29, 0.717) is 29.5 Å². The van der Waals surface area contributed by atoms with Crippen LogP contribution in [0.5, 0.6) is 0 Å². The summed E-state index contributed by atoms with van der Waals surface area (Å²) < 4.78 is 29.6. The van der Waals surface area contributed by atoms with Gasteiger partial charge < -0.3 is 15.2 Å². The van der Waals surface area contributed by atoms with Crippen LogP contribution in [0.1, 0.15) is 25.6 Å². The first kappa shape index (κ1) is 22.4. The topological polar surface area (TPSA) is 126 Å². The van der Waals surface area contributed by atoms with Crippen molar-refractivity contribution in [1.82, 2.24) is 18.8 Å². The molecular formula is C20H24N6O4S2. The molecule has 1 aliphatic rings. The third-order valence-corrected chi connectivity index (χ3v) is 8.16. The molecule has 2 amide bonds. The van der Waals surface area contributed by atoms with Gasteiger partial charge in [-0.2, -0.15) is 4.31 Å². The average Bonchev–Trinajstić information content (AvgIpc) is 3.29. The Bertz CT molecular complexity index is 1270. The molecule has 12 heteroatoms. The highest BCUT2D eigenvalue weighted by atomic mass is 32.2. The molecule has 0 aliphatic carbocycles. The highest BCUT2D eigenvalue weighted by molar-refractivity contribution is 7.89. The molecule has 170 valence electrons. The first-order valence-corrected chi connectivity index (χ1v) is 12.4. The number of sulfonamides is 1. The number of nitrogens with one attached hydrogen (secondary N) is 2. The van der Waals surface area contributed by atoms with Crippen LogP contribution in [0.2, 0.25) is 0 Å². The minimum absolute atomic E-state index is 0.0357. The van der Waals surface area contributed by atoms with Crippen molar-refractivity contribution in [3.8, 4) is 0 Å². The zero-order chi connectivity index (χ0) is 23.0. The van der Waals surface area contributed by atoms with Crippen molar-refractivity contribution in [3.05, 3.63) is 30.2 Å². The highest BCUT2D eigenvalue weighted by Gasteiger charge is 2.33. The summed E-state index contributed by atoms with van der Waals surface area (Å²) >= 11 is 1.33. The molecule has 1 fully saturated rings. The van der Waals surface area contributed by atoms with Gasteiger partial charge in [-0.15, -0.1) is 0 Å². The SMILES string of the molecule is CC(=O)Nc1ccc2nc(NC(=O)C3CCN(S(=O)(=O)c4cn(C)c(C)n4)CC3)sc2c1. The van der Waals surface area contributed by atoms with Gasteiger partial charge in [0.25, 0.3) is 10.0 Å². The molecular weight excluding hydrogens is 452 g/mol. The number of benzene rings is 1. The van der Waals surface area contributed by atoms with Gasteiger partial charge in [-0.1, -0.05) is 11.3 Å². The minimum Gasteiger partial charge on any atom is -0.337 e. The normalized spacial score (nSPS) is 15.7. The second-order valence-electron chi connectivity index (χ2n) is 7.79. The number of carbonyl (C=O) groups is 2. The molecule has 0 saturated carbocycles. The monoisotopic (exact) mass is 476 g/mol. The predicted octanol–water partition coefficient (Wildman–Crippen LogP) is 2.34. The third-order valence-electron chi connectivity index (χ3n) is 5.45. The van der Waals surface area contributed by atoms with Crippen LogP contribution >= 0.6 is 11.3 Å². The van der Waals surface area contributed by atoms with Crippen molar-refractivity contribution in [2.24, 2.45) is 13.0 Å². The van der Waals surface area contributed by atoms with Gasteiger partial charge in [-0.25, -0.2) is 18.4 Å². The average molecular weight is 477 g/mol. The van der Waals surface area contributed by atoms with Crippen LogP contribution in [0.15, 0.2) is 29.4 Å². The van der Waals surface area contributed by atoms with E-state index in [1.54, 1.807) is 30.7 Å². The lowest BCUT2D eigenvalue weighted by Crippen LogP contribution is -2.41. The van der Waals surface area contributed by atoms with Crippen LogP contribution in [0.3, 0.4) is 0 Å². The van der Waals surface area contributed by atoms with Crippen molar-refractivity contribution in [2.75, 3.05) is 23.7 Å². The number of thiazole rings is 1. The van der Waals surface area contributed by atoms with Crippen LogP contribution in [-0.2, 0) is 26.7 Å². The van der Waals surface area contributed by atoms with Gasteiger partial charge in [0.05, 0.1) is 10.2 Å². The molecule has 0 atom stereocenters. The number of nitrogens with zero attached hydrogens (tertiary/aromatic N) is 4. The maximum atomic E-state index is 12.8. The largest absolute Gasteiger partial charge is 0.337 e. The Kier molecular flexibility index (Phi) is 6.01. The van der Waals surface area contributed by atoms with E-state index in [1.165, 1.54) is 28.8 Å². The number of hydrogen-bond acceptors (Lipinski definition) is 7. The zero-order valence-electron chi connectivity index (χ0n) is 18.0. The van der Waals surface area contributed by atoms with Gasteiger partial charge in [0.15, 0.2) is 10.2 Å². The maximum Gasteiger partial charge on any atom is 0.262 e. The molecule has 1 aliphatic heterocycles. The van der Waals surface area contributed by atoms with E-state index >= 15 is 0 Å². The Morgan fingerprint density at radius 1 is 1.16 bits per heavy atom. The van der Waals surface area contributed by atoms with Gasteiger partial charge in [0, 0.05) is 44.9 Å². The fourth-order valence-electron chi connectivity index (χ4n) is 3.61. The zero-order valence-corrected chi connectivity index (χ0v) is 19.6. The molecule has 1 saturated heterocycles. The second-order valence-corrected chi connectivity index (χ2v) is 10.7. The highest BCUT2D eigenvalue weighted by Crippen LogP contribution is 2.30. The van der Waals surface area contributed by atoms with E-state index in [9.17, 15) is 18.0 Å². The molecule has 3 heterocycles. The number of amides is 2. The van der Waals surface area contributed by atoms with Gasteiger partial charge in [0.1, 0.15) is 5.82 Å². The van der Waals surface area contributed by atoms with Crippen molar-refractivity contribution < 1.29 is 18.0 Å². The minimum atomic E-state index is -3.67. The van der Waals surface area contributed by atoms with E-state index in [1.807, 2.05) is 6.07 Å². The summed E-state index contributed by atoms with van der Waals surface area (Å²) in [4.78, 5) is 32.5. The van der Waals surface area contributed by atoms with E-state index in [2.05, 4.69) is 20.6 Å². The third kappa shape index (κ3) is 4.52. The molecule has 2 aromatic heterocycles. The van der Waals surface area contributed by atoms with Crippen LogP contribution in [-0.4, -0.2) is 52.2 Å². The van der Waals surface area contributed by atoms with Gasteiger partial charge in [-0.3, -0.25) is 9.59 Å². The standard InChI is InChI=1S/C20H24N6O4S2/c1-12-21-18(11-25(12)3)32(29,30)26-8-6-14(7-9-26)19(28)24-20-23-16-5-4-15(22-13(2)27)10-17(16)31-20/h4-5,10-11,14H,6-9H2,1-3H3,(H,22,27)(H,23,24,28). The number of aryl methyl sites for hydroxylation is 2. The van der Waals surface area contributed by atoms with E-state index < -0.39 is 10.0 Å². The van der Waals surface area contributed by atoms with Crippen molar-refractivity contribution in [2.45, 2.75) is 31.7 Å². The van der Waals surface area contributed by atoms with E-state index in [4.69, 9.17) is 0 Å². The summed E-state index contributed by atoms with van der Waals surface area (Å²) in [6.45, 7) is 3.71. The Morgan fingerprint density at radius 3 is 2.50 bits per heavy atom. The molecule has 0 radical (unpaired) electrons. The number of anilines is 2. The summed E-state index contributed by atoms with van der Waals surface area (Å²) in [6.07, 6.45) is 2.36. The summed E-state index contributed by atoms with van der Waals surface area (Å²) in [5.74, 6) is -0.00228. The number of hydrogen-bond donors (Lipinski definition) is 2. The Balaban J connectivity index is 1.39. The molecule has 32 heavy (non-hydrogen) atoms. The van der Waals surface area contributed by atoms with Crippen LogP contribution < -0.4 is 10.6 Å². The lowest BCUT2D eigenvalue weighted by molar-refractivity contribution is -0.121. The van der Waals surface area contributed by atoms with Crippen LogP contribution in [0, 0.1) is 12.8 Å². The molecule has 0 spiro atoms. The van der Waals surface area contributed by atoms with Crippen LogP contribution in [0.25, 0.3) is 10.2 Å². The summed E-state index contributed by atoms with van der Waals surface area (Å²) in [5, 5.41) is 6.09. The molecule has 0 unspecified atom stereocenters. The molecule has 3 aromatic rings. The first-order chi connectivity index (χ1) is 15.1. The number of aromatic nitrogens is 3. The van der Waals surface area contributed by atoms with E-state index in [0.717, 1.165) is 10.2 Å². The molecule has 0 bridgehead atoms. The lowest BCUT2D eigenvalue weighted by atomic mass is 9.97. The van der Waals surface area contributed by atoms with Gasteiger partial charge in [0.2, 0.25) is 11.8 Å². The molecule has 1 aromatic carbocycles. The second kappa shape index (κ2) is 8.60. The van der Waals surface area contributed by atoms with Crippen molar-refractivity contribution in [1.29, 1.82) is 0 Å². The molecule has 2 N–H and O–H groups in total. The molecule has 4 rings (SSSR count). The maximum absolute atomic E-state index is 12.8. The van der Waals surface area contributed by atoms with E-state index in [-0.39, 0.29) is 35.8 Å². The number of imidazole rings is 1. The summed E-state index contributed by atoms with van der Waals surface area (Å²) in [6, 6.07) is 5.36. The van der Waals surface area contributed by atoms with Gasteiger partial charge in [-0.05, 0) is 38.0 Å². The lowest BCUT2D eigenvalue weighted by Gasteiger charge is -2.29.